The van der Waals surface area contributed by atoms with Gasteiger partial charge in [0.1, 0.15) is 10.6 Å². The summed E-state index contributed by atoms with van der Waals surface area (Å²) in [4.78, 5) is 22.5. The molecule has 0 saturated heterocycles. The van der Waals surface area contributed by atoms with Gasteiger partial charge in [-0.3, -0.25) is 14.9 Å². The molecule has 0 aliphatic rings. The second-order valence-corrected chi connectivity index (χ2v) is 5.65. The lowest BCUT2D eigenvalue weighted by atomic mass is 10.0. The van der Waals surface area contributed by atoms with Gasteiger partial charge >= 0.3 is 0 Å². The van der Waals surface area contributed by atoms with Crippen LogP contribution in [0.25, 0.3) is 0 Å². The zero-order chi connectivity index (χ0) is 18.2. The van der Waals surface area contributed by atoms with Crippen LogP contribution in [0, 0.1) is 17.0 Å². The Morgan fingerprint density at radius 3 is 1.92 bits per heavy atom. The number of benzene rings is 3. The van der Waals surface area contributed by atoms with Gasteiger partial charge in [-0.15, -0.1) is 0 Å². The van der Waals surface area contributed by atoms with Gasteiger partial charge in [-0.2, -0.15) is 0 Å². The number of halogens is 1. The molecular weight excluding hydrogens is 338 g/mol. The van der Waals surface area contributed by atoms with E-state index in [-0.39, 0.29) is 16.3 Å². The van der Waals surface area contributed by atoms with Gasteiger partial charge in [0.15, 0.2) is 5.78 Å². The Labute approximate surface area is 150 Å². The zero-order valence-corrected chi connectivity index (χ0v) is 14.3. The summed E-state index contributed by atoms with van der Waals surface area (Å²) in [5.74, 6) is -0.412. The number of nitro groups is 1. The molecule has 25 heavy (non-hydrogen) atoms. The Kier molecular flexibility index (Phi) is 6.43. The molecule has 0 radical (unpaired) electrons. The van der Waals surface area contributed by atoms with Crippen molar-refractivity contribution in [2.45, 2.75) is 6.92 Å². The smallest absolute Gasteiger partial charge is 0.288 e. The number of rotatable bonds is 3. The van der Waals surface area contributed by atoms with E-state index in [0.717, 1.165) is 0 Å². The topological polar surface area (TPSA) is 60.2 Å². The van der Waals surface area contributed by atoms with E-state index in [9.17, 15) is 14.9 Å². The molecule has 0 saturated carbocycles. The first-order valence-corrected chi connectivity index (χ1v) is 7.93. The van der Waals surface area contributed by atoms with Crippen molar-refractivity contribution in [3.63, 3.8) is 0 Å². The van der Waals surface area contributed by atoms with Gasteiger partial charge in [0.05, 0.1) is 4.92 Å². The predicted molar refractivity (Wildman–Crippen MR) is 99.2 cm³/mol. The fourth-order valence-electron chi connectivity index (χ4n) is 2.16. The molecule has 126 valence electrons. The highest BCUT2D eigenvalue weighted by Gasteiger charge is 2.24. The molecule has 0 bridgehead atoms. The lowest BCUT2D eigenvalue weighted by Crippen LogP contribution is -2.05. The van der Waals surface area contributed by atoms with Gasteiger partial charge in [0, 0.05) is 5.56 Å². The summed E-state index contributed by atoms with van der Waals surface area (Å²) in [6.45, 7) is 2.08. The van der Waals surface area contributed by atoms with Crippen molar-refractivity contribution >= 4 is 23.1 Å². The highest BCUT2D eigenvalue weighted by molar-refractivity contribution is 6.33. The van der Waals surface area contributed by atoms with E-state index in [4.69, 9.17) is 11.6 Å². The number of para-hydroxylation sites is 1. The molecular formula is C20H16ClNO3. The van der Waals surface area contributed by atoms with E-state index >= 15 is 0 Å². The van der Waals surface area contributed by atoms with Crippen molar-refractivity contribution in [2.75, 3.05) is 0 Å². The predicted octanol–water partition coefficient (Wildman–Crippen LogP) is 5.47. The first kappa shape index (κ1) is 18.4. The van der Waals surface area contributed by atoms with Crippen LogP contribution in [0.15, 0.2) is 78.9 Å². The molecule has 0 amide bonds. The van der Waals surface area contributed by atoms with Gasteiger partial charge in [-0.05, 0) is 19.1 Å². The van der Waals surface area contributed by atoms with Crippen LogP contribution in [0.5, 0.6) is 0 Å². The minimum atomic E-state index is -0.640. The number of aryl methyl sites for hydroxylation is 1. The molecule has 5 heteroatoms. The number of ketones is 1. The van der Waals surface area contributed by atoms with Crippen molar-refractivity contribution in [2.24, 2.45) is 0 Å². The Morgan fingerprint density at radius 2 is 1.44 bits per heavy atom. The van der Waals surface area contributed by atoms with Gasteiger partial charge < -0.3 is 0 Å². The minimum absolute atomic E-state index is 0.00120. The number of carbonyl (C=O) groups excluding carboxylic acids is 1. The average molecular weight is 354 g/mol. The van der Waals surface area contributed by atoms with Crippen LogP contribution >= 0.6 is 11.6 Å². The number of hydrogen-bond donors (Lipinski definition) is 0. The molecule has 0 fully saturated rings. The molecule has 0 heterocycles. The summed E-state index contributed by atoms with van der Waals surface area (Å²) in [5.41, 5.74) is 1.36. The molecule has 0 N–H and O–H groups in total. The standard InChI is InChI=1S/C13H8ClNO3.C7H8/c14-11-8-4-7-10(12(11)15(17)18)13(16)9-5-2-1-3-6-9;1-7-5-3-2-4-6-7/h1-8H;2-6H,1H3. The summed E-state index contributed by atoms with van der Waals surface area (Å²) < 4.78 is 0. The summed E-state index contributed by atoms with van der Waals surface area (Å²) >= 11 is 5.76. The van der Waals surface area contributed by atoms with E-state index < -0.39 is 10.7 Å². The number of hydrogen-bond acceptors (Lipinski definition) is 3. The van der Waals surface area contributed by atoms with Crippen molar-refractivity contribution < 1.29 is 9.72 Å². The van der Waals surface area contributed by atoms with E-state index in [1.165, 1.54) is 23.8 Å². The van der Waals surface area contributed by atoms with Gasteiger partial charge in [-0.1, -0.05) is 83.9 Å². The maximum atomic E-state index is 12.2. The second kappa shape index (κ2) is 8.76. The monoisotopic (exact) mass is 353 g/mol. The third-order valence-corrected chi connectivity index (χ3v) is 3.70. The van der Waals surface area contributed by atoms with Crippen molar-refractivity contribution in [1.82, 2.24) is 0 Å². The lowest BCUT2D eigenvalue weighted by molar-refractivity contribution is -0.385. The van der Waals surface area contributed by atoms with E-state index in [2.05, 4.69) is 19.1 Å². The highest BCUT2D eigenvalue weighted by Crippen LogP contribution is 2.29. The molecule has 0 spiro atoms. The Hall–Kier alpha value is -2.98. The SMILES string of the molecule is Cc1ccccc1.O=C(c1ccccc1)c1cccc(Cl)c1[N+](=O)[O-]. The van der Waals surface area contributed by atoms with Crippen molar-refractivity contribution in [3.05, 3.63) is 111 Å². The molecule has 0 aliphatic carbocycles. The number of nitrogens with zero attached hydrogens (tertiary/aromatic N) is 1. The van der Waals surface area contributed by atoms with Crippen LogP contribution < -0.4 is 0 Å². The highest BCUT2D eigenvalue weighted by atomic mass is 35.5. The third kappa shape index (κ3) is 4.99. The Balaban J connectivity index is 0.000000269. The van der Waals surface area contributed by atoms with Crippen LogP contribution in [0.4, 0.5) is 5.69 Å². The Morgan fingerprint density at radius 1 is 0.880 bits per heavy atom. The lowest BCUT2D eigenvalue weighted by Gasteiger charge is -2.03. The van der Waals surface area contributed by atoms with Gasteiger partial charge in [0.2, 0.25) is 0 Å². The van der Waals surface area contributed by atoms with Crippen LogP contribution in [0.2, 0.25) is 5.02 Å². The van der Waals surface area contributed by atoms with Gasteiger partial charge in [-0.25, -0.2) is 0 Å². The molecule has 3 rings (SSSR count). The van der Waals surface area contributed by atoms with Crippen LogP contribution in [0.3, 0.4) is 0 Å². The Bertz CT molecular complexity index is 865. The van der Waals surface area contributed by atoms with Crippen LogP contribution in [-0.4, -0.2) is 10.7 Å². The normalized spacial score (nSPS) is 9.68. The summed E-state index contributed by atoms with van der Waals surface area (Å²) in [6, 6.07) is 22.9. The molecule has 0 aliphatic heterocycles. The first-order valence-electron chi connectivity index (χ1n) is 7.55. The van der Waals surface area contributed by atoms with Gasteiger partial charge in [0.25, 0.3) is 5.69 Å². The number of nitro benzene ring substituents is 1. The van der Waals surface area contributed by atoms with E-state index in [1.54, 1.807) is 30.3 Å². The summed E-state index contributed by atoms with van der Waals surface area (Å²) in [7, 11) is 0. The molecule has 3 aromatic carbocycles. The maximum absolute atomic E-state index is 12.2. The number of carbonyl (C=O) groups is 1. The minimum Gasteiger partial charge on any atom is -0.288 e. The van der Waals surface area contributed by atoms with E-state index in [0.29, 0.717) is 5.56 Å². The van der Waals surface area contributed by atoms with Crippen molar-refractivity contribution in [3.8, 4) is 0 Å². The maximum Gasteiger partial charge on any atom is 0.298 e. The molecule has 0 atom stereocenters. The zero-order valence-electron chi connectivity index (χ0n) is 13.6. The largest absolute Gasteiger partial charge is 0.298 e. The first-order chi connectivity index (χ1) is 12.0. The van der Waals surface area contributed by atoms with E-state index in [1.807, 2.05) is 18.2 Å². The van der Waals surface area contributed by atoms with Crippen molar-refractivity contribution in [1.29, 1.82) is 0 Å². The molecule has 3 aromatic rings. The third-order valence-electron chi connectivity index (χ3n) is 3.39. The molecule has 0 unspecified atom stereocenters. The molecule has 0 aromatic heterocycles. The quantitative estimate of drug-likeness (QED) is 0.356. The second-order valence-electron chi connectivity index (χ2n) is 5.24. The summed E-state index contributed by atoms with van der Waals surface area (Å²) in [6.07, 6.45) is 0. The molecule has 4 nitrogen and oxygen atoms in total. The summed E-state index contributed by atoms with van der Waals surface area (Å²) in [5, 5.41) is 10.9. The fourth-order valence-corrected chi connectivity index (χ4v) is 2.41. The van der Waals surface area contributed by atoms with Crippen LogP contribution in [0.1, 0.15) is 21.5 Å². The van der Waals surface area contributed by atoms with Crippen LogP contribution in [-0.2, 0) is 0 Å². The average Bonchev–Trinajstić information content (AvgIpc) is 2.62. The fraction of sp³-hybridized carbons (Fsp3) is 0.0500.